The number of amides is 2. The van der Waals surface area contributed by atoms with E-state index in [9.17, 15) is 19.1 Å². The molecule has 0 saturated carbocycles. The highest BCUT2D eigenvalue weighted by atomic mass is 32.2. The third-order valence-corrected chi connectivity index (χ3v) is 4.54. The fourth-order valence-corrected chi connectivity index (χ4v) is 3.12. The Morgan fingerprint density at radius 3 is 2.59 bits per heavy atom. The molecule has 0 aliphatic rings. The molecule has 2 amide bonds. The van der Waals surface area contributed by atoms with Gasteiger partial charge in [-0.3, -0.25) is 9.59 Å². The summed E-state index contributed by atoms with van der Waals surface area (Å²) in [4.78, 5) is 28.2. The molecule has 2 rings (SSSR count). The van der Waals surface area contributed by atoms with E-state index in [-0.39, 0.29) is 42.6 Å². The summed E-state index contributed by atoms with van der Waals surface area (Å²) in [7, 11) is 0. The average molecular weight is 394 g/mol. The minimum Gasteiger partial charge on any atom is -0.390 e. The number of rotatable bonds is 9. The maximum Gasteiger partial charge on any atom is 0.240 e. The quantitative estimate of drug-likeness (QED) is 0.560. The number of hydrogen-bond acceptors (Lipinski definition) is 5. The molecule has 2 aromatic rings. The summed E-state index contributed by atoms with van der Waals surface area (Å²) < 4.78 is 14.5. The normalized spacial score (nSPS) is 10.9. The molecular formula is C18H23FN4O3S. The largest absolute Gasteiger partial charge is 0.390 e. The lowest BCUT2D eigenvalue weighted by atomic mass is 10.2. The fourth-order valence-electron chi connectivity index (χ4n) is 2.30. The van der Waals surface area contributed by atoms with Gasteiger partial charge in [-0.2, -0.15) is 0 Å². The number of carbonyl (C=O) groups is 2. The highest BCUT2D eigenvalue weighted by molar-refractivity contribution is 7.99. The maximum atomic E-state index is 12.9. The van der Waals surface area contributed by atoms with Crippen LogP contribution in [0.1, 0.15) is 25.1 Å². The summed E-state index contributed by atoms with van der Waals surface area (Å²) in [5.41, 5.74) is 1.30. The van der Waals surface area contributed by atoms with Gasteiger partial charge in [0, 0.05) is 12.6 Å². The van der Waals surface area contributed by atoms with Crippen LogP contribution in [0.3, 0.4) is 0 Å². The van der Waals surface area contributed by atoms with E-state index in [1.165, 1.54) is 30.1 Å². The van der Waals surface area contributed by atoms with Gasteiger partial charge < -0.3 is 20.3 Å². The molecular weight excluding hydrogens is 371 g/mol. The Morgan fingerprint density at radius 1 is 1.26 bits per heavy atom. The van der Waals surface area contributed by atoms with Crippen molar-refractivity contribution in [3.63, 3.8) is 0 Å². The van der Waals surface area contributed by atoms with Crippen molar-refractivity contribution in [2.45, 2.75) is 44.7 Å². The van der Waals surface area contributed by atoms with Crippen LogP contribution in [0.4, 0.5) is 4.39 Å². The van der Waals surface area contributed by atoms with Crippen molar-refractivity contribution >= 4 is 23.6 Å². The lowest BCUT2D eigenvalue weighted by molar-refractivity contribution is -0.122. The number of halogens is 1. The highest BCUT2D eigenvalue weighted by Gasteiger charge is 2.15. The Balaban J connectivity index is 1.90. The first kappa shape index (κ1) is 20.9. The van der Waals surface area contributed by atoms with Gasteiger partial charge in [-0.1, -0.05) is 23.9 Å². The standard InChI is InChI=1S/C18H23FN4O3S/c1-12(2)22-16(25)9-23-15(10-24)8-21-18(23)27-11-17(26)20-7-13-3-5-14(19)6-4-13/h3-6,8,12,24H,7,9-11H2,1-2H3,(H,20,26)(H,22,25). The number of thioether (sulfide) groups is 1. The Kier molecular flexibility index (Phi) is 7.81. The van der Waals surface area contributed by atoms with E-state index in [1.807, 2.05) is 13.8 Å². The molecule has 0 saturated heterocycles. The minimum atomic E-state index is -0.325. The van der Waals surface area contributed by atoms with E-state index in [4.69, 9.17) is 0 Å². The zero-order valence-corrected chi connectivity index (χ0v) is 16.1. The van der Waals surface area contributed by atoms with Crippen molar-refractivity contribution < 1.29 is 19.1 Å². The Morgan fingerprint density at radius 2 is 1.96 bits per heavy atom. The van der Waals surface area contributed by atoms with Crippen LogP contribution >= 0.6 is 11.8 Å². The summed E-state index contributed by atoms with van der Waals surface area (Å²) in [6.45, 7) is 3.79. The van der Waals surface area contributed by atoms with Crippen LogP contribution in [-0.4, -0.2) is 38.3 Å². The molecule has 0 aliphatic carbocycles. The first-order valence-corrected chi connectivity index (χ1v) is 9.46. The molecule has 0 fully saturated rings. The summed E-state index contributed by atoms with van der Waals surface area (Å²) in [5, 5.41) is 15.4. The molecule has 3 N–H and O–H groups in total. The first-order chi connectivity index (χ1) is 12.9. The summed E-state index contributed by atoms with van der Waals surface area (Å²) >= 11 is 1.18. The summed E-state index contributed by atoms with van der Waals surface area (Å²) in [5.74, 6) is -0.625. The van der Waals surface area contributed by atoms with Crippen LogP contribution in [0.2, 0.25) is 0 Å². The van der Waals surface area contributed by atoms with Gasteiger partial charge in [0.2, 0.25) is 11.8 Å². The Bertz CT molecular complexity index is 777. The molecule has 1 aromatic carbocycles. The summed E-state index contributed by atoms with van der Waals surface area (Å²) in [6.07, 6.45) is 1.49. The molecule has 7 nitrogen and oxygen atoms in total. The molecule has 0 radical (unpaired) electrons. The SMILES string of the molecule is CC(C)NC(=O)Cn1c(CO)cnc1SCC(=O)NCc1ccc(F)cc1. The van der Waals surface area contributed by atoms with Crippen molar-refractivity contribution in [2.75, 3.05) is 5.75 Å². The van der Waals surface area contributed by atoms with Crippen LogP contribution in [0.15, 0.2) is 35.6 Å². The van der Waals surface area contributed by atoms with Crippen molar-refractivity contribution in [2.24, 2.45) is 0 Å². The third kappa shape index (κ3) is 6.69. The molecule has 9 heteroatoms. The van der Waals surface area contributed by atoms with Crippen LogP contribution in [0, 0.1) is 5.82 Å². The highest BCUT2D eigenvalue weighted by Crippen LogP contribution is 2.18. The molecule has 0 aliphatic heterocycles. The number of hydrogen-bond donors (Lipinski definition) is 3. The maximum absolute atomic E-state index is 12.9. The number of aromatic nitrogens is 2. The predicted octanol–water partition coefficient (Wildman–Crippen LogP) is 1.45. The molecule has 0 atom stereocenters. The lowest BCUT2D eigenvalue weighted by Gasteiger charge is -2.12. The number of carbonyl (C=O) groups excluding carboxylic acids is 2. The summed E-state index contributed by atoms with van der Waals surface area (Å²) in [6, 6.07) is 5.90. The van der Waals surface area contributed by atoms with E-state index >= 15 is 0 Å². The van der Waals surface area contributed by atoms with Crippen LogP contribution < -0.4 is 10.6 Å². The van der Waals surface area contributed by atoms with Crippen LogP contribution in [-0.2, 0) is 29.3 Å². The molecule has 146 valence electrons. The lowest BCUT2D eigenvalue weighted by Crippen LogP contribution is -2.33. The second kappa shape index (κ2) is 10.1. The van der Waals surface area contributed by atoms with Gasteiger partial charge in [-0.15, -0.1) is 0 Å². The van der Waals surface area contributed by atoms with Crippen LogP contribution in [0.25, 0.3) is 0 Å². The molecule has 27 heavy (non-hydrogen) atoms. The van der Waals surface area contributed by atoms with Crippen molar-refractivity contribution in [3.05, 3.63) is 47.5 Å². The number of aliphatic hydroxyl groups is 1. The second-order valence-electron chi connectivity index (χ2n) is 6.19. The van der Waals surface area contributed by atoms with Crippen molar-refractivity contribution in [1.29, 1.82) is 0 Å². The van der Waals surface area contributed by atoms with Gasteiger partial charge in [-0.05, 0) is 31.5 Å². The molecule has 1 aromatic heterocycles. The van der Waals surface area contributed by atoms with E-state index in [1.54, 1.807) is 16.7 Å². The van der Waals surface area contributed by atoms with Gasteiger partial charge in [0.05, 0.1) is 24.3 Å². The van der Waals surface area contributed by atoms with Crippen molar-refractivity contribution in [1.82, 2.24) is 20.2 Å². The monoisotopic (exact) mass is 394 g/mol. The third-order valence-electron chi connectivity index (χ3n) is 3.55. The Labute approximate surface area is 161 Å². The van der Waals surface area contributed by atoms with Gasteiger partial charge in [0.25, 0.3) is 0 Å². The van der Waals surface area contributed by atoms with Gasteiger partial charge in [0.15, 0.2) is 5.16 Å². The molecule has 0 spiro atoms. The van der Waals surface area contributed by atoms with E-state index < -0.39 is 0 Å². The minimum absolute atomic E-state index is 0.00643. The Hall–Kier alpha value is -2.39. The number of nitrogens with zero attached hydrogens (tertiary/aromatic N) is 2. The number of nitrogens with one attached hydrogen (secondary N) is 2. The number of aliphatic hydroxyl groups excluding tert-OH is 1. The molecule has 0 unspecified atom stereocenters. The van der Waals surface area contributed by atoms with Crippen LogP contribution in [0.5, 0.6) is 0 Å². The number of benzene rings is 1. The second-order valence-corrected chi connectivity index (χ2v) is 7.13. The van der Waals surface area contributed by atoms with E-state index in [0.717, 1.165) is 5.56 Å². The fraction of sp³-hybridized carbons (Fsp3) is 0.389. The zero-order chi connectivity index (χ0) is 19.8. The van der Waals surface area contributed by atoms with E-state index in [2.05, 4.69) is 15.6 Å². The molecule has 0 bridgehead atoms. The topological polar surface area (TPSA) is 96.2 Å². The zero-order valence-electron chi connectivity index (χ0n) is 15.2. The molecule has 1 heterocycles. The predicted molar refractivity (Wildman–Crippen MR) is 100 cm³/mol. The van der Waals surface area contributed by atoms with Gasteiger partial charge in [-0.25, -0.2) is 9.37 Å². The number of imidazole rings is 1. The first-order valence-electron chi connectivity index (χ1n) is 8.47. The average Bonchev–Trinajstić information content (AvgIpc) is 3.00. The van der Waals surface area contributed by atoms with E-state index in [0.29, 0.717) is 17.4 Å². The van der Waals surface area contributed by atoms with Crippen molar-refractivity contribution in [3.8, 4) is 0 Å². The van der Waals surface area contributed by atoms with Gasteiger partial charge >= 0.3 is 0 Å². The van der Waals surface area contributed by atoms with Gasteiger partial charge in [0.1, 0.15) is 12.4 Å². The smallest absolute Gasteiger partial charge is 0.240 e.